The fourth-order valence-corrected chi connectivity index (χ4v) is 5.81. The van der Waals surface area contributed by atoms with Crippen molar-refractivity contribution in [3.63, 3.8) is 0 Å². The fraction of sp³-hybridized carbons (Fsp3) is 0.0588. The first-order chi connectivity index (χ1) is 19.6. The number of rotatable bonds is 2. The standard InChI is InChI=1S/2C17H12N2O.2H2O/c2*20-17(12-6-2-1-3-7-12)13-8-4-10-18-15(13)16-14(17)9-5-11-19-16;;/h2*1-11,20H;2*1H2. The first kappa shape index (κ1) is 28.4. The molecule has 8 rings (SSSR count). The number of aliphatic hydroxyl groups is 2. The molecule has 0 amide bonds. The van der Waals surface area contributed by atoms with E-state index in [9.17, 15) is 10.2 Å². The van der Waals surface area contributed by atoms with Gasteiger partial charge in [-0.05, 0) is 35.4 Å². The van der Waals surface area contributed by atoms with Crippen molar-refractivity contribution >= 4 is 0 Å². The molecule has 6 aromatic rings. The minimum atomic E-state index is -1.17. The van der Waals surface area contributed by atoms with Crippen molar-refractivity contribution in [2.45, 2.75) is 11.2 Å². The van der Waals surface area contributed by atoms with Crippen LogP contribution in [0.15, 0.2) is 134 Å². The maximum Gasteiger partial charge on any atom is 0.144 e. The molecule has 42 heavy (non-hydrogen) atoms. The van der Waals surface area contributed by atoms with E-state index in [0.717, 1.165) is 56.2 Å². The lowest BCUT2D eigenvalue weighted by atomic mass is 9.85. The maximum absolute atomic E-state index is 11.4. The second kappa shape index (κ2) is 11.0. The van der Waals surface area contributed by atoms with E-state index < -0.39 is 11.2 Å². The number of nitrogens with zero attached hydrogens (tertiary/aromatic N) is 4. The third-order valence-corrected chi connectivity index (χ3v) is 7.62. The summed E-state index contributed by atoms with van der Waals surface area (Å²) in [7, 11) is 0. The van der Waals surface area contributed by atoms with Crippen LogP contribution in [-0.4, -0.2) is 41.1 Å². The highest BCUT2D eigenvalue weighted by molar-refractivity contribution is 5.77. The van der Waals surface area contributed by atoms with Crippen molar-refractivity contribution in [1.82, 2.24) is 19.9 Å². The van der Waals surface area contributed by atoms with Gasteiger partial charge < -0.3 is 21.2 Å². The second-order valence-corrected chi connectivity index (χ2v) is 9.75. The summed E-state index contributed by atoms with van der Waals surface area (Å²) in [5, 5.41) is 22.8. The molecular formula is C34H28N4O4. The zero-order valence-electron chi connectivity index (χ0n) is 22.4. The van der Waals surface area contributed by atoms with Gasteiger partial charge in [-0.25, -0.2) is 0 Å². The van der Waals surface area contributed by atoms with Gasteiger partial charge in [-0.2, -0.15) is 0 Å². The van der Waals surface area contributed by atoms with Crippen LogP contribution in [0.4, 0.5) is 0 Å². The molecule has 208 valence electrons. The molecule has 4 aromatic heterocycles. The van der Waals surface area contributed by atoms with E-state index in [1.807, 2.05) is 109 Å². The van der Waals surface area contributed by atoms with Gasteiger partial charge in [0, 0.05) is 47.0 Å². The molecule has 0 fully saturated rings. The molecule has 8 nitrogen and oxygen atoms in total. The Hall–Kier alpha value is -5.12. The van der Waals surface area contributed by atoms with Crippen molar-refractivity contribution in [1.29, 1.82) is 0 Å². The molecule has 0 saturated carbocycles. The molecule has 2 aliphatic carbocycles. The van der Waals surface area contributed by atoms with Crippen LogP contribution in [0.1, 0.15) is 33.4 Å². The molecule has 0 atom stereocenters. The summed E-state index contributed by atoms with van der Waals surface area (Å²) >= 11 is 0. The van der Waals surface area contributed by atoms with Crippen LogP contribution in [0.5, 0.6) is 0 Å². The van der Waals surface area contributed by atoms with Crippen LogP contribution in [0.3, 0.4) is 0 Å². The first-order valence-electron chi connectivity index (χ1n) is 13.0. The number of pyridine rings is 4. The predicted molar refractivity (Wildman–Crippen MR) is 159 cm³/mol. The Balaban J connectivity index is 0.000000160. The quantitative estimate of drug-likeness (QED) is 0.330. The fourth-order valence-electron chi connectivity index (χ4n) is 5.81. The van der Waals surface area contributed by atoms with Crippen molar-refractivity contribution in [3.05, 3.63) is 167 Å². The first-order valence-corrected chi connectivity index (χ1v) is 13.0. The molecule has 0 unspecified atom stereocenters. The minimum Gasteiger partial charge on any atom is -0.412 e. The van der Waals surface area contributed by atoms with Gasteiger partial charge in [-0.3, -0.25) is 19.9 Å². The largest absolute Gasteiger partial charge is 0.412 e. The summed E-state index contributed by atoms with van der Waals surface area (Å²) in [6.45, 7) is 0. The molecule has 0 spiro atoms. The Morgan fingerprint density at radius 3 is 0.881 bits per heavy atom. The summed E-state index contributed by atoms with van der Waals surface area (Å²) in [6.07, 6.45) is 6.92. The van der Waals surface area contributed by atoms with Gasteiger partial charge in [0.1, 0.15) is 11.2 Å². The van der Waals surface area contributed by atoms with Crippen molar-refractivity contribution in [3.8, 4) is 22.8 Å². The van der Waals surface area contributed by atoms with Gasteiger partial charge in [0.15, 0.2) is 0 Å². The zero-order chi connectivity index (χ0) is 27.2. The topological polar surface area (TPSA) is 155 Å². The molecule has 4 heterocycles. The van der Waals surface area contributed by atoms with Gasteiger partial charge in [-0.15, -0.1) is 0 Å². The molecule has 6 N–H and O–H groups in total. The highest BCUT2D eigenvalue weighted by atomic mass is 16.3. The van der Waals surface area contributed by atoms with Crippen LogP contribution in [-0.2, 0) is 11.2 Å². The molecule has 0 saturated heterocycles. The van der Waals surface area contributed by atoms with E-state index in [0.29, 0.717) is 0 Å². The van der Waals surface area contributed by atoms with Gasteiger partial charge >= 0.3 is 0 Å². The van der Waals surface area contributed by atoms with Crippen LogP contribution < -0.4 is 0 Å². The van der Waals surface area contributed by atoms with Gasteiger partial charge in [-0.1, -0.05) is 84.9 Å². The molecule has 0 radical (unpaired) electrons. The number of hydrogen-bond acceptors (Lipinski definition) is 6. The molecule has 2 aliphatic rings. The Morgan fingerprint density at radius 1 is 0.357 bits per heavy atom. The Kier molecular flexibility index (Phi) is 7.47. The van der Waals surface area contributed by atoms with Gasteiger partial charge in [0.25, 0.3) is 0 Å². The summed E-state index contributed by atoms with van der Waals surface area (Å²) < 4.78 is 0. The van der Waals surface area contributed by atoms with E-state index in [-0.39, 0.29) is 11.0 Å². The third-order valence-electron chi connectivity index (χ3n) is 7.62. The van der Waals surface area contributed by atoms with Crippen molar-refractivity contribution in [2.75, 3.05) is 0 Å². The van der Waals surface area contributed by atoms with Gasteiger partial charge in [0.2, 0.25) is 0 Å². The average Bonchev–Trinajstić information content (AvgIpc) is 3.46. The summed E-state index contributed by atoms with van der Waals surface area (Å²) in [6, 6.07) is 34.4. The van der Waals surface area contributed by atoms with Crippen molar-refractivity contribution in [2.24, 2.45) is 0 Å². The summed E-state index contributed by atoms with van der Waals surface area (Å²) in [5.74, 6) is 0. The highest BCUT2D eigenvalue weighted by Crippen LogP contribution is 2.49. The number of fused-ring (bicyclic) bond motifs is 6. The second-order valence-electron chi connectivity index (χ2n) is 9.75. The number of benzene rings is 2. The molecular weight excluding hydrogens is 528 g/mol. The highest BCUT2D eigenvalue weighted by Gasteiger charge is 2.45. The Labute approximate surface area is 242 Å². The lowest BCUT2D eigenvalue weighted by molar-refractivity contribution is 0.130. The molecule has 2 aromatic carbocycles. The summed E-state index contributed by atoms with van der Waals surface area (Å²) in [4.78, 5) is 17.6. The molecule has 8 heteroatoms. The monoisotopic (exact) mass is 556 g/mol. The third kappa shape index (κ3) is 4.09. The van der Waals surface area contributed by atoms with Gasteiger partial charge in [0.05, 0.1) is 22.8 Å². The van der Waals surface area contributed by atoms with Crippen LogP contribution >= 0.6 is 0 Å². The number of hydrogen-bond donors (Lipinski definition) is 2. The maximum atomic E-state index is 11.4. The predicted octanol–water partition coefficient (Wildman–Crippen LogP) is 3.83. The Bertz CT molecular complexity index is 1620. The van der Waals surface area contributed by atoms with Crippen LogP contribution in [0.2, 0.25) is 0 Å². The minimum absolute atomic E-state index is 0. The summed E-state index contributed by atoms with van der Waals surface area (Å²) in [5.41, 5.74) is 5.53. The molecule has 0 aliphatic heterocycles. The average molecular weight is 557 g/mol. The van der Waals surface area contributed by atoms with E-state index >= 15 is 0 Å². The molecule has 0 bridgehead atoms. The normalized spacial score (nSPS) is 14.0. The SMILES string of the molecule is O.O.OC1(c2ccccc2)c2cccnc2-c2ncccc21.OC1(c2ccccc2)c2cccnc2-c2ncccc21. The lowest BCUT2D eigenvalue weighted by Crippen LogP contribution is -2.26. The Morgan fingerprint density at radius 2 is 0.619 bits per heavy atom. The van der Waals surface area contributed by atoms with E-state index in [4.69, 9.17) is 0 Å². The van der Waals surface area contributed by atoms with Crippen molar-refractivity contribution < 1.29 is 21.2 Å². The van der Waals surface area contributed by atoms with E-state index in [1.54, 1.807) is 24.8 Å². The zero-order valence-corrected chi connectivity index (χ0v) is 22.4. The van der Waals surface area contributed by atoms with E-state index in [2.05, 4.69) is 19.9 Å². The van der Waals surface area contributed by atoms with E-state index in [1.165, 1.54) is 0 Å². The van der Waals surface area contributed by atoms with Crippen LogP contribution in [0.25, 0.3) is 22.8 Å². The van der Waals surface area contributed by atoms with Crippen LogP contribution in [0, 0.1) is 0 Å². The number of aromatic nitrogens is 4. The smallest absolute Gasteiger partial charge is 0.144 e. The lowest BCUT2D eigenvalue weighted by Gasteiger charge is -2.25.